The number of aliphatic hydroxyl groups is 3. The van der Waals surface area contributed by atoms with Gasteiger partial charge in [0.15, 0.2) is 0 Å². The fraction of sp³-hybridized carbons (Fsp3) is 0.714. The van der Waals surface area contributed by atoms with Gasteiger partial charge >= 0.3 is 0 Å². The second-order valence-electron chi connectivity index (χ2n) is 8.52. The molecule has 0 saturated heterocycles. The van der Waals surface area contributed by atoms with E-state index < -0.39 is 17.8 Å². The maximum atomic E-state index is 9.70. The Morgan fingerprint density at radius 3 is 2.20 bits per heavy atom. The Balaban J connectivity index is 0.00000576. The van der Waals surface area contributed by atoms with Gasteiger partial charge in [0.1, 0.15) is 0 Å². The molecule has 2 unspecified atom stereocenters. The maximum Gasteiger partial charge on any atom is 0.0771 e. The molecule has 2 atom stereocenters. The first kappa shape index (κ1) is 25.2. The molecule has 1 aliphatic carbocycles. The zero-order valence-corrected chi connectivity index (χ0v) is 19.2. The van der Waals surface area contributed by atoms with Crippen molar-refractivity contribution in [2.45, 2.75) is 90.4 Å². The molecule has 4 heteroatoms. The molecule has 0 aromatic carbocycles. The average molecular weight is 425 g/mol. The Morgan fingerprint density at radius 1 is 1.04 bits per heavy atom. The second-order valence-corrected chi connectivity index (χ2v) is 8.52. The quantitative estimate of drug-likeness (QED) is 0.402. The smallest absolute Gasteiger partial charge is 0.0771 e. The minimum absolute atomic E-state index is 0. The Labute approximate surface area is 179 Å². The molecule has 1 rings (SSSR count). The zero-order valence-electron chi connectivity index (χ0n) is 16.4. The van der Waals surface area contributed by atoms with E-state index in [0.29, 0.717) is 19.3 Å². The van der Waals surface area contributed by atoms with Crippen LogP contribution in [0.1, 0.15) is 72.6 Å². The van der Waals surface area contributed by atoms with Crippen LogP contribution in [0.15, 0.2) is 36.0 Å². The Morgan fingerprint density at radius 2 is 1.64 bits per heavy atom. The summed E-state index contributed by atoms with van der Waals surface area (Å²) in [4.78, 5) is 0. The van der Waals surface area contributed by atoms with Gasteiger partial charge in [-0.15, -0.1) is 0 Å². The molecule has 0 aliphatic heterocycles. The minimum Gasteiger partial charge on any atom is -0.393 e. The molecular weight excluding hydrogens is 389 g/mol. The molecule has 1 aliphatic rings. The molecule has 0 aromatic rings. The summed E-state index contributed by atoms with van der Waals surface area (Å²) >= 11 is 0. The van der Waals surface area contributed by atoms with Crippen LogP contribution in [0.4, 0.5) is 0 Å². The van der Waals surface area contributed by atoms with Crippen LogP contribution in [0.2, 0.25) is 0 Å². The average Bonchev–Trinajstić information content (AvgIpc) is 2.39. The largest absolute Gasteiger partial charge is 0.393 e. The first-order chi connectivity index (χ1) is 11.1. The first-order valence-corrected chi connectivity index (χ1v) is 9.18. The van der Waals surface area contributed by atoms with E-state index in [1.165, 1.54) is 0 Å². The predicted molar refractivity (Wildman–Crippen MR) is 101 cm³/mol. The van der Waals surface area contributed by atoms with Crippen LogP contribution < -0.4 is 0 Å². The van der Waals surface area contributed by atoms with Crippen LogP contribution in [0.5, 0.6) is 0 Å². The third kappa shape index (κ3) is 13.1. The maximum absolute atomic E-state index is 9.70. The van der Waals surface area contributed by atoms with Crippen molar-refractivity contribution in [1.82, 2.24) is 0 Å². The first-order valence-electron chi connectivity index (χ1n) is 9.18. The third-order valence-electron chi connectivity index (χ3n) is 4.43. The fourth-order valence-corrected chi connectivity index (χ4v) is 3.07. The van der Waals surface area contributed by atoms with Crippen molar-refractivity contribution in [2.75, 3.05) is 0 Å². The normalized spacial score (nSPS) is 22.4. The number of allylic oxidation sites excluding steroid dienone is 4. The van der Waals surface area contributed by atoms with Crippen molar-refractivity contribution in [1.29, 1.82) is 0 Å². The van der Waals surface area contributed by atoms with Gasteiger partial charge in [-0.2, -0.15) is 0 Å². The summed E-state index contributed by atoms with van der Waals surface area (Å²) in [7, 11) is 0. The Bertz CT molecular complexity index is 446. The van der Waals surface area contributed by atoms with Gasteiger partial charge in [-0.1, -0.05) is 49.8 Å². The Hall–Kier alpha value is 0.204. The van der Waals surface area contributed by atoms with E-state index >= 15 is 0 Å². The van der Waals surface area contributed by atoms with E-state index in [0.717, 1.165) is 31.3 Å². The van der Waals surface area contributed by atoms with Crippen molar-refractivity contribution in [3.8, 4) is 0 Å². The molecule has 0 heterocycles. The molecule has 0 aromatic heterocycles. The summed E-state index contributed by atoms with van der Waals surface area (Å²) in [5, 5.41) is 29.0. The van der Waals surface area contributed by atoms with Gasteiger partial charge in [0, 0.05) is 32.7 Å². The fourth-order valence-electron chi connectivity index (χ4n) is 3.07. The monoisotopic (exact) mass is 425 g/mol. The van der Waals surface area contributed by atoms with Crippen LogP contribution in [0.25, 0.3) is 0 Å². The number of hydrogen-bond acceptors (Lipinski definition) is 3. The van der Waals surface area contributed by atoms with Crippen molar-refractivity contribution >= 4 is 0 Å². The summed E-state index contributed by atoms with van der Waals surface area (Å²) in [6, 6.07) is 0. The van der Waals surface area contributed by atoms with Gasteiger partial charge < -0.3 is 15.3 Å². The van der Waals surface area contributed by atoms with E-state index in [1.807, 2.05) is 12.2 Å². The van der Waals surface area contributed by atoms with Crippen LogP contribution in [-0.4, -0.2) is 33.1 Å². The van der Waals surface area contributed by atoms with E-state index in [9.17, 15) is 15.3 Å². The summed E-state index contributed by atoms with van der Waals surface area (Å²) in [5.74, 6) is 0. The molecule has 0 amide bonds. The standard InChI is InChI=1S/C21H36O3.Y/c1-20(2,12-9-13-21(3,4)24)11-8-6-5-7-10-17-14-18(22)16-19(23)15-17;/h5,7,9-10,13,18-19,22-24H,6,8,11-12,14-16H2,1-4H3;/b7-5+,13-9-,17-10?;. The van der Waals surface area contributed by atoms with Gasteiger partial charge in [0.05, 0.1) is 17.8 Å². The second kappa shape index (κ2) is 11.8. The van der Waals surface area contributed by atoms with Gasteiger partial charge in [-0.3, -0.25) is 0 Å². The number of unbranched alkanes of at least 4 members (excludes halogenated alkanes) is 1. The predicted octanol–water partition coefficient (Wildman–Crippen LogP) is 4.29. The van der Waals surface area contributed by atoms with Gasteiger partial charge in [0.25, 0.3) is 0 Å². The molecule has 0 spiro atoms. The minimum atomic E-state index is -0.730. The third-order valence-corrected chi connectivity index (χ3v) is 4.43. The summed E-state index contributed by atoms with van der Waals surface area (Å²) in [6.45, 7) is 8.11. The van der Waals surface area contributed by atoms with Gasteiger partial charge in [0.2, 0.25) is 0 Å². The molecular formula is C21H36O3Y. The molecule has 0 bridgehead atoms. The molecule has 3 nitrogen and oxygen atoms in total. The van der Waals surface area contributed by atoms with Crippen molar-refractivity contribution < 1.29 is 48.0 Å². The number of rotatable bonds is 8. The van der Waals surface area contributed by atoms with Gasteiger partial charge in [-0.25, -0.2) is 0 Å². The van der Waals surface area contributed by atoms with E-state index in [-0.39, 0.29) is 38.1 Å². The Kier molecular flexibility index (Phi) is 11.9. The molecule has 25 heavy (non-hydrogen) atoms. The SMILES string of the molecule is CC(C)(O)/C=C\CC(C)(C)CCC/C=C/C=C1CC(O)CC(O)C1.[Y]. The topological polar surface area (TPSA) is 60.7 Å². The van der Waals surface area contributed by atoms with Gasteiger partial charge in [-0.05, 0) is 64.2 Å². The van der Waals surface area contributed by atoms with Crippen LogP contribution in [-0.2, 0) is 32.7 Å². The van der Waals surface area contributed by atoms with Crippen molar-refractivity contribution in [3.05, 3.63) is 36.0 Å². The van der Waals surface area contributed by atoms with Crippen molar-refractivity contribution in [3.63, 3.8) is 0 Å². The molecule has 1 fully saturated rings. The van der Waals surface area contributed by atoms with Crippen LogP contribution in [0.3, 0.4) is 0 Å². The van der Waals surface area contributed by atoms with Crippen molar-refractivity contribution in [2.24, 2.45) is 5.41 Å². The zero-order chi connectivity index (χ0) is 18.2. The van der Waals surface area contributed by atoms with Crippen LogP contribution >= 0.6 is 0 Å². The summed E-state index contributed by atoms with van der Waals surface area (Å²) in [6.07, 6.45) is 15.6. The molecule has 3 N–H and O–H groups in total. The number of hydrogen-bond donors (Lipinski definition) is 3. The molecule has 1 radical (unpaired) electrons. The number of aliphatic hydroxyl groups excluding tert-OH is 2. The summed E-state index contributed by atoms with van der Waals surface area (Å²) in [5.41, 5.74) is 0.646. The summed E-state index contributed by atoms with van der Waals surface area (Å²) < 4.78 is 0. The van der Waals surface area contributed by atoms with E-state index in [1.54, 1.807) is 13.8 Å². The van der Waals surface area contributed by atoms with E-state index in [4.69, 9.17) is 0 Å². The van der Waals surface area contributed by atoms with Crippen LogP contribution in [0, 0.1) is 5.41 Å². The molecule has 141 valence electrons. The molecule has 1 saturated carbocycles. The van der Waals surface area contributed by atoms with E-state index in [2.05, 4.69) is 32.1 Å².